The Morgan fingerprint density at radius 3 is 2.29 bits per heavy atom. The van der Waals surface area contributed by atoms with Crippen LogP contribution in [-0.4, -0.2) is 76.6 Å². The molecule has 3 atom stereocenters. The van der Waals surface area contributed by atoms with E-state index < -0.39 is 12.2 Å². The molecule has 0 saturated carbocycles. The number of rotatable bonds is 7. The SMILES string of the molecule is CCC(C)[C@H]1C(=O)N(CCc2ccccc2)C[C@H]2N1C(=O)CN(C)N2C(=O)NCc1ccccc1. The summed E-state index contributed by atoms with van der Waals surface area (Å²) in [5, 5.41) is 6.27. The van der Waals surface area contributed by atoms with Gasteiger partial charge < -0.3 is 15.1 Å². The first-order chi connectivity index (χ1) is 16.9. The van der Waals surface area contributed by atoms with Gasteiger partial charge in [-0.25, -0.2) is 14.8 Å². The monoisotopic (exact) mass is 477 g/mol. The second-order valence-electron chi connectivity index (χ2n) is 9.44. The van der Waals surface area contributed by atoms with E-state index in [0.717, 1.165) is 24.0 Å². The van der Waals surface area contributed by atoms with E-state index in [1.54, 1.807) is 22.0 Å². The lowest BCUT2D eigenvalue weighted by atomic mass is 9.92. The summed E-state index contributed by atoms with van der Waals surface area (Å²) < 4.78 is 0. The number of fused-ring (bicyclic) bond motifs is 1. The summed E-state index contributed by atoms with van der Waals surface area (Å²) in [6.07, 6.45) is 0.927. The summed E-state index contributed by atoms with van der Waals surface area (Å²) in [4.78, 5) is 43.7. The standard InChI is InChI=1S/C27H35N5O3/c1-4-20(2)25-26(34)30(16-15-21-11-7-5-8-12-21)18-23-31(25)24(33)19-29(3)32(23)27(35)28-17-22-13-9-6-10-14-22/h5-14,20,23,25H,4,15-19H2,1-3H3,(H,28,35)/t20?,23-,25-/m0/s1. The molecule has 0 bridgehead atoms. The number of urea groups is 1. The maximum atomic E-state index is 13.6. The minimum Gasteiger partial charge on any atom is -0.337 e. The van der Waals surface area contributed by atoms with Crippen molar-refractivity contribution in [3.8, 4) is 0 Å². The molecular formula is C27H35N5O3. The molecule has 35 heavy (non-hydrogen) atoms. The van der Waals surface area contributed by atoms with Crippen molar-refractivity contribution in [2.45, 2.75) is 45.4 Å². The molecule has 8 nitrogen and oxygen atoms in total. The maximum absolute atomic E-state index is 13.6. The molecule has 2 aliphatic rings. The van der Waals surface area contributed by atoms with Crippen molar-refractivity contribution in [3.05, 3.63) is 71.8 Å². The number of likely N-dealkylation sites (N-methyl/N-ethyl adjacent to an activating group) is 1. The number of piperazine rings is 1. The van der Waals surface area contributed by atoms with Gasteiger partial charge in [0, 0.05) is 20.1 Å². The van der Waals surface area contributed by atoms with E-state index in [0.29, 0.717) is 13.1 Å². The Labute approximate surface area is 207 Å². The fourth-order valence-corrected chi connectivity index (χ4v) is 4.96. The Bertz CT molecular complexity index is 1030. The van der Waals surface area contributed by atoms with Crippen LogP contribution in [0.4, 0.5) is 4.79 Å². The molecule has 0 radical (unpaired) electrons. The van der Waals surface area contributed by atoms with Crippen LogP contribution in [0.15, 0.2) is 60.7 Å². The average Bonchev–Trinajstić information content (AvgIpc) is 2.87. The van der Waals surface area contributed by atoms with Crippen LogP contribution in [0.5, 0.6) is 0 Å². The highest BCUT2D eigenvalue weighted by Gasteiger charge is 2.51. The number of hydrogen-bond acceptors (Lipinski definition) is 4. The van der Waals surface area contributed by atoms with Crippen LogP contribution in [0.25, 0.3) is 0 Å². The summed E-state index contributed by atoms with van der Waals surface area (Å²) in [5.41, 5.74) is 2.14. The molecule has 2 aromatic carbocycles. The predicted molar refractivity (Wildman–Crippen MR) is 134 cm³/mol. The Morgan fingerprint density at radius 1 is 1.03 bits per heavy atom. The van der Waals surface area contributed by atoms with Crippen LogP contribution in [0.3, 0.4) is 0 Å². The van der Waals surface area contributed by atoms with Gasteiger partial charge in [-0.05, 0) is 23.5 Å². The molecule has 2 aromatic rings. The fourth-order valence-electron chi connectivity index (χ4n) is 4.96. The predicted octanol–water partition coefficient (Wildman–Crippen LogP) is 2.71. The van der Waals surface area contributed by atoms with Gasteiger partial charge in [-0.3, -0.25) is 9.59 Å². The Morgan fingerprint density at radius 2 is 1.66 bits per heavy atom. The van der Waals surface area contributed by atoms with Gasteiger partial charge in [0.15, 0.2) is 0 Å². The minimum absolute atomic E-state index is 0.0221. The van der Waals surface area contributed by atoms with Crippen LogP contribution in [-0.2, 0) is 22.6 Å². The van der Waals surface area contributed by atoms with Gasteiger partial charge in [0.2, 0.25) is 11.8 Å². The number of benzene rings is 2. The molecule has 2 heterocycles. The molecule has 4 rings (SSSR count). The van der Waals surface area contributed by atoms with Gasteiger partial charge in [-0.2, -0.15) is 0 Å². The molecule has 0 aliphatic carbocycles. The average molecular weight is 478 g/mol. The van der Waals surface area contributed by atoms with E-state index in [2.05, 4.69) is 5.32 Å². The van der Waals surface area contributed by atoms with Crippen molar-refractivity contribution in [3.63, 3.8) is 0 Å². The van der Waals surface area contributed by atoms with E-state index in [1.165, 1.54) is 0 Å². The normalized spacial score (nSPS) is 21.6. The van der Waals surface area contributed by atoms with Crippen LogP contribution < -0.4 is 5.32 Å². The first-order valence-electron chi connectivity index (χ1n) is 12.4. The molecule has 0 spiro atoms. The largest absolute Gasteiger partial charge is 0.337 e. The van der Waals surface area contributed by atoms with Gasteiger partial charge in [0.25, 0.3) is 0 Å². The van der Waals surface area contributed by atoms with Gasteiger partial charge >= 0.3 is 6.03 Å². The summed E-state index contributed by atoms with van der Waals surface area (Å²) >= 11 is 0. The third-order valence-corrected chi connectivity index (χ3v) is 7.06. The number of nitrogens with zero attached hydrogens (tertiary/aromatic N) is 4. The molecule has 186 valence electrons. The molecular weight excluding hydrogens is 442 g/mol. The molecule has 1 N–H and O–H groups in total. The number of hydrogen-bond donors (Lipinski definition) is 1. The number of carbonyl (C=O) groups excluding carboxylic acids is 3. The summed E-state index contributed by atoms with van der Waals surface area (Å²) in [6, 6.07) is 18.9. The van der Waals surface area contributed by atoms with Crippen LogP contribution >= 0.6 is 0 Å². The summed E-state index contributed by atoms with van der Waals surface area (Å²) in [5.74, 6) is -0.175. The topological polar surface area (TPSA) is 76.2 Å². The van der Waals surface area contributed by atoms with Crippen molar-refractivity contribution in [2.24, 2.45) is 5.92 Å². The van der Waals surface area contributed by atoms with Crippen molar-refractivity contribution < 1.29 is 14.4 Å². The van der Waals surface area contributed by atoms with Gasteiger partial charge in [0.05, 0.1) is 13.1 Å². The summed E-state index contributed by atoms with van der Waals surface area (Å²) in [6.45, 7) is 5.30. The van der Waals surface area contributed by atoms with E-state index >= 15 is 0 Å². The first-order valence-corrected chi connectivity index (χ1v) is 12.4. The molecule has 8 heteroatoms. The number of amides is 4. The molecule has 2 fully saturated rings. The van der Waals surface area contributed by atoms with E-state index in [-0.39, 0.29) is 36.9 Å². The van der Waals surface area contributed by atoms with Crippen molar-refractivity contribution >= 4 is 17.8 Å². The third-order valence-electron chi connectivity index (χ3n) is 7.06. The van der Waals surface area contributed by atoms with E-state index in [4.69, 9.17) is 0 Å². The molecule has 2 saturated heterocycles. The molecule has 0 aromatic heterocycles. The maximum Gasteiger partial charge on any atom is 0.334 e. The number of carbonyl (C=O) groups is 3. The number of nitrogens with one attached hydrogen (secondary N) is 1. The second kappa shape index (κ2) is 10.9. The highest BCUT2D eigenvalue weighted by Crippen LogP contribution is 2.30. The van der Waals surface area contributed by atoms with Crippen LogP contribution in [0, 0.1) is 5.92 Å². The zero-order chi connectivity index (χ0) is 24.9. The van der Waals surface area contributed by atoms with Gasteiger partial charge in [-0.1, -0.05) is 80.9 Å². The van der Waals surface area contributed by atoms with Crippen molar-refractivity contribution in [2.75, 3.05) is 26.7 Å². The Hall–Kier alpha value is -3.39. The van der Waals surface area contributed by atoms with E-state index in [1.807, 2.05) is 79.4 Å². The first kappa shape index (κ1) is 24.7. The third kappa shape index (κ3) is 5.32. The van der Waals surface area contributed by atoms with Gasteiger partial charge in [-0.15, -0.1) is 0 Å². The van der Waals surface area contributed by atoms with Crippen molar-refractivity contribution in [1.82, 2.24) is 25.1 Å². The lowest BCUT2D eigenvalue weighted by Crippen LogP contribution is -2.76. The van der Waals surface area contributed by atoms with E-state index in [9.17, 15) is 14.4 Å². The lowest BCUT2D eigenvalue weighted by Gasteiger charge is -2.55. The minimum atomic E-state index is -0.583. The molecule has 4 amide bonds. The van der Waals surface area contributed by atoms with Crippen LogP contribution in [0.1, 0.15) is 31.4 Å². The Kier molecular flexibility index (Phi) is 7.70. The molecule has 2 aliphatic heterocycles. The lowest BCUT2D eigenvalue weighted by molar-refractivity contribution is -0.190. The highest BCUT2D eigenvalue weighted by atomic mass is 16.2. The smallest absolute Gasteiger partial charge is 0.334 e. The quantitative estimate of drug-likeness (QED) is 0.665. The fraction of sp³-hybridized carbons (Fsp3) is 0.444. The summed E-state index contributed by atoms with van der Waals surface area (Å²) in [7, 11) is 1.75. The van der Waals surface area contributed by atoms with Crippen LogP contribution in [0.2, 0.25) is 0 Å². The molecule has 1 unspecified atom stereocenters. The zero-order valence-corrected chi connectivity index (χ0v) is 20.8. The highest BCUT2D eigenvalue weighted by molar-refractivity contribution is 5.91. The number of hydrazine groups is 1. The zero-order valence-electron chi connectivity index (χ0n) is 20.8. The second-order valence-corrected chi connectivity index (χ2v) is 9.44. The Balaban J connectivity index is 1.58. The van der Waals surface area contributed by atoms with Gasteiger partial charge in [0.1, 0.15) is 12.2 Å². The van der Waals surface area contributed by atoms with Crippen molar-refractivity contribution in [1.29, 1.82) is 0 Å².